The second-order valence-corrected chi connectivity index (χ2v) is 9.47. The lowest BCUT2D eigenvalue weighted by atomic mass is 10.0. The minimum Gasteiger partial charge on any atom is -0.493 e. The van der Waals surface area contributed by atoms with Gasteiger partial charge in [0.1, 0.15) is 6.04 Å². The summed E-state index contributed by atoms with van der Waals surface area (Å²) >= 11 is 2.69. The molecule has 1 aromatic carbocycles. The third-order valence-corrected chi connectivity index (χ3v) is 7.09. The molecular formula is C24H23N3O6S2. The molecule has 1 amide bonds. The molecule has 1 atom stereocenters. The van der Waals surface area contributed by atoms with E-state index in [-0.39, 0.29) is 18.8 Å². The molecule has 0 fully saturated rings. The summed E-state index contributed by atoms with van der Waals surface area (Å²) in [6.45, 7) is 3.43. The zero-order chi connectivity index (χ0) is 25.1. The van der Waals surface area contributed by atoms with E-state index in [1.807, 2.05) is 17.5 Å². The first-order valence-corrected chi connectivity index (χ1v) is 12.4. The first-order chi connectivity index (χ1) is 16.8. The third kappa shape index (κ3) is 4.91. The van der Waals surface area contributed by atoms with Gasteiger partial charge in [-0.05, 0) is 49.1 Å². The first-order valence-electron chi connectivity index (χ1n) is 10.7. The maximum absolute atomic E-state index is 13.6. The van der Waals surface area contributed by atoms with E-state index < -0.39 is 17.9 Å². The fourth-order valence-corrected chi connectivity index (χ4v) is 5.57. The number of aromatic nitrogens is 1. The Kier molecular flexibility index (Phi) is 7.17. The molecule has 2 aromatic heterocycles. The molecule has 0 spiro atoms. The smallest absolute Gasteiger partial charge is 0.338 e. The van der Waals surface area contributed by atoms with Crippen molar-refractivity contribution in [2.24, 2.45) is 10.7 Å². The SMILES string of the molecule is CCOC(=O)C1=C(C)N=c2s/c(=C\c3ccc(OCC(N)=O)c(OC)c3)c(=O)n2[C@H]1c1cccs1. The van der Waals surface area contributed by atoms with Crippen molar-refractivity contribution in [3.8, 4) is 11.5 Å². The van der Waals surface area contributed by atoms with Crippen LogP contribution in [0.3, 0.4) is 0 Å². The molecule has 9 nitrogen and oxygen atoms in total. The highest BCUT2D eigenvalue weighted by atomic mass is 32.1. The topological polar surface area (TPSA) is 122 Å². The fourth-order valence-electron chi connectivity index (χ4n) is 3.70. The van der Waals surface area contributed by atoms with Crippen LogP contribution in [0.5, 0.6) is 11.5 Å². The Morgan fingerprint density at radius 3 is 2.71 bits per heavy atom. The van der Waals surface area contributed by atoms with Crippen molar-refractivity contribution < 1.29 is 23.8 Å². The number of carbonyl (C=O) groups is 2. The van der Waals surface area contributed by atoms with Gasteiger partial charge in [0.15, 0.2) is 22.9 Å². The van der Waals surface area contributed by atoms with Gasteiger partial charge in [0.05, 0.1) is 29.5 Å². The monoisotopic (exact) mass is 513 g/mol. The standard InChI is InChI=1S/C24H23N3O6S2/c1-4-32-23(30)20-13(2)26-24-27(21(20)17-6-5-9-34-17)22(29)18(35-24)11-14-7-8-15(16(10-14)31-3)33-12-19(25)28/h5-11,21H,4,12H2,1-3H3,(H2,25,28)/b18-11-/t21-/m0/s1. The number of nitrogens with zero attached hydrogens (tertiary/aromatic N) is 2. The second kappa shape index (κ2) is 10.3. The molecule has 1 aliphatic heterocycles. The third-order valence-electron chi connectivity index (χ3n) is 5.19. The second-order valence-electron chi connectivity index (χ2n) is 7.48. The molecule has 0 aliphatic carbocycles. The average molecular weight is 514 g/mol. The van der Waals surface area contributed by atoms with Gasteiger partial charge in [0.25, 0.3) is 11.5 Å². The van der Waals surface area contributed by atoms with Crippen molar-refractivity contribution >= 4 is 40.6 Å². The lowest BCUT2D eigenvalue weighted by Gasteiger charge is -2.23. The number of hydrogen-bond acceptors (Lipinski definition) is 9. The van der Waals surface area contributed by atoms with Gasteiger partial charge in [-0.1, -0.05) is 23.5 Å². The molecule has 4 rings (SSSR count). The van der Waals surface area contributed by atoms with E-state index in [1.54, 1.807) is 42.7 Å². The minimum absolute atomic E-state index is 0.220. The number of nitrogens with two attached hydrogens (primary N) is 1. The average Bonchev–Trinajstić information content (AvgIpc) is 3.46. The molecule has 0 saturated heterocycles. The van der Waals surface area contributed by atoms with Gasteiger partial charge in [-0.15, -0.1) is 11.3 Å². The number of thiophene rings is 1. The molecular weight excluding hydrogens is 490 g/mol. The van der Waals surface area contributed by atoms with E-state index in [0.29, 0.717) is 37.7 Å². The lowest BCUT2D eigenvalue weighted by Crippen LogP contribution is -2.39. The number of primary amides is 1. The molecule has 0 bridgehead atoms. The molecule has 182 valence electrons. The van der Waals surface area contributed by atoms with Crippen LogP contribution in [0.2, 0.25) is 0 Å². The van der Waals surface area contributed by atoms with E-state index in [2.05, 4.69) is 4.99 Å². The van der Waals surface area contributed by atoms with Crippen molar-refractivity contribution in [2.75, 3.05) is 20.3 Å². The number of benzene rings is 1. The highest BCUT2D eigenvalue weighted by molar-refractivity contribution is 7.10. The highest BCUT2D eigenvalue weighted by Crippen LogP contribution is 2.33. The summed E-state index contributed by atoms with van der Waals surface area (Å²) in [6, 6.07) is 8.22. The highest BCUT2D eigenvalue weighted by Gasteiger charge is 2.33. The van der Waals surface area contributed by atoms with Crippen molar-refractivity contribution in [1.29, 1.82) is 0 Å². The van der Waals surface area contributed by atoms with Crippen LogP contribution >= 0.6 is 22.7 Å². The van der Waals surface area contributed by atoms with Crippen LogP contribution in [0.4, 0.5) is 0 Å². The van der Waals surface area contributed by atoms with E-state index in [0.717, 1.165) is 4.88 Å². The van der Waals surface area contributed by atoms with Crippen LogP contribution in [0.15, 0.2) is 56.8 Å². The molecule has 3 heterocycles. The number of amides is 1. The molecule has 35 heavy (non-hydrogen) atoms. The van der Waals surface area contributed by atoms with Gasteiger partial charge < -0.3 is 19.9 Å². The largest absolute Gasteiger partial charge is 0.493 e. The van der Waals surface area contributed by atoms with Crippen LogP contribution in [-0.4, -0.2) is 36.8 Å². The molecule has 2 N–H and O–H groups in total. The number of allylic oxidation sites excluding steroid dienone is 1. The maximum Gasteiger partial charge on any atom is 0.338 e. The van der Waals surface area contributed by atoms with Crippen molar-refractivity contribution in [3.63, 3.8) is 0 Å². The Morgan fingerprint density at radius 2 is 2.06 bits per heavy atom. The van der Waals surface area contributed by atoms with E-state index in [4.69, 9.17) is 19.9 Å². The van der Waals surface area contributed by atoms with Crippen molar-refractivity contribution in [3.05, 3.63) is 77.1 Å². The molecule has 0 saturated carbocycles. The molecule has 0 unspecified atom stereocenters. The Labute approximate surface area is 208 Å². The molecule has 1 aliphatic rings. The quantitative estimate of drug-likeness (QED) is 0.458. The minimum atomic E-state index is -0.619. The van der Waals surface area contributed by atoms with E-state index >= 15 is 0 Å². The molecule has 11 heteroatoms. The van der Waals surface area contributed by atoms with Crippen LogP contribution in [0.25, 0.3) is 6.08 Å². The Bertz CT molecular complexity index is 1480. The maximum atomic E-state index is 13.6. The summed E-state index contributed by atoms with van der Waals surface area (Å²) in [6.07, 6.45) is 1.72. The predicted octanol–water partition coefficient (Wildman–Crippen LogP) is 1.73. The number of fused-ring (bicyclic) bond motifs is 1. The van der Waals surface area contributed by atoms with Gasteiger partial charge in [-0.2, -0.15) is 0 Å². The summed E-state index contributed by atoms with van der Waals surface area (Å²) in [5.74, 6) is -0.338. The molecule has 0 radical (unpaired) electrons. The van der Waals surface area contributed by atoms with Crippen molar-refractivity contribution in [1.82, 2.24) is 4.57 Å². The predicted molar refractivity (Wildman–Crippen MR) is 132 cm³/mol. The number of esters is 1. The number of hydrogen-bond donors (Lipinski definition) is 1. The van der Waals surface area contributed by atoms with E-state index in [1.165, 1.54) is 29.8 Å². The zero-order valence-corrected chi connectivity index (χ0v) is 20.9. The van der Waals surface area contributed by atoms with Gasteiger partial charge in [0.2, 0.25) is 0 Å². The number of rotatable bonds is 8. The summed E-state index contributed by atoms with van der Waals surface area (Å²) in [7, 11) is 1.48. The lowest BCUT2D eigenvalue weighted by molar-refractivity contribution is -0.139. The van der Waals surface area contributed by atoms with Crippen LogP contribution in [0.1, 0.15) is 30.3 Å². The van der Waals surface area contributed by atoms with Crippen LogP contribution in [-0.2, 0) is 14.3 Å². The van der Waals surface area contributed by atoms with Gasteiger partial charge in [-0.3, -0.25) is 14.2 Å². The number of thiazole rings is 1. The summed E-state index contributed by atoms with van der Waals surface area (Å²) < 4.78 is 18.0. The first kappa shape index (κ1) is 24.4. The Hall–Kier alpha value is -3.70. The molecule has 3 aromatic rings. The van der Waals surface area contributed by atoms with Gasteiger partial charge in [-0.25, -0.2) is 9.79 Å². The fraction of sp³-hybridized carbons (Fsp3) is 0.250. The Balaban J connectivity index is 1.82. The normalized spacial score (nSPS) is 15.4. The van der Waals surface area contributed by atoms with Crippen molar-refractivity contribution in [2.45, 2.75) is 19.9 Å². The summed E-state index contributed by atoms with van der Waals surface area (Å²) in [5, 5.41) is 1.90. The summed E-state index contributed by atoms with van der Waals surface area (Å²) in [5.41, 5.74) is 6.43. The van der Waals surface area contributed by atoms with Gasteiger partial charge in [0, 0.05) is 4.88 Å². The number of carbonyl (C=O) groups excluding carboxylic acids is 2. The summed E-state index contributed by atoms with van der Waals surface area (Å²) in [4.78, 5) is 43.3. The Morgan fingerprint density at radius 1 is 1.26 bits per heavy atom. The van der Waals surface area contributed by atoms with Gasteiger partial charge >= 0.3 is 5.97 Å². The van der Waals surface area contributed by atoms with E-state index in [9.17, 15) is 14.4 Å². The number of methoxy groups -OCH3 is 1. The van der Waals surface area contributed by atoms with Crippen LogP contribution in [0, 0.1) is 0 Å². The zero-order valence-electron chi connectivity index (χ0n) is 19.3. The number of ether oxygens (including phenoxy) is 3. The van der Waals surface area contributed by atoms with Crippen LogP contribution < -0.4 is 30.1 Å².